The van der Waals surface area contributed by atoms with Crippen molar-refractivity contribution in [2.24, 2.45) is 0 Å². The summed E-state index contributed by atoms with van der Waals surface area (Å²) in [5.41, 5.74) is 1.53. The van der Waals surface area contributed by atoms with Crippen molar-refractivity contribution in [3.05, 3.63) is 59.7 Å². The molecule has 1 amide bonds. The van der Waals surface area contributed by atoms with Crippen molar-refractivity contribution in [1.82, 2.24) is 10.2 Å². The average molecular weight is 382 g/mol. The Hall–Kier alpha value is -2.86. The number of ether oxygens (including phenoxy) is 2. The smallest absolute Gasteiger partial charge is 0.263 e. The van der Waals surface area contributed by atoms with Gasteiger partial charge in [0.25, 0.3) is 5.91 Å². The van der Waals surface area contributed by atoms with Crippen LogP contribution in [0.1, 0.15) is 35.8 Å². The van der Waals surface area contributed by atoms with Gasteiger partial charge >= 0.3 is 0 Å². The molecule has 0 aromatic heterocycles. The molecular weight excluding hydrogens is 356 g/mol. The van der Waals surface area contributed by atoms with E-state index in [0.717, 1.165) is 17.9 Å². The lowest BCUT2D eigenvalue weighted by Crippen LogP contribution is -2.52. The number of amides is 1. The number of carbonyl (C=O) groups is 2. The summed E-state index contributed by atoms with van der Waals surface area (Å²) in [6, 6.07) is 14.5. The van der Waals surface area contributed by atoms with Crippen LogP contribution in [0.5, 0.6) is 11.5 Å². The Bertz CT molecular complexity index is 852. The molecule has 2 aromatic carbocycles. The van der Waals surface area contributed by atoms with E-state index in [1.807, 2.05) is 29.2 Å². The van der Waals surface area contributed by atoms with Crippen LogP contribution in [-0.4, -0.2) is 49.4 Å². The van der Waals surface area contributed by atoms with Gasteiger partial charge in [-0.3, -0.25) is 9.59 Å². The van der Waals surface area contributed by atoms with E-state index < -0.39 is 6.10 Å². The summed E-state index contributed by atoms with van der Waals surface area (Å²) >= 11 is 0. The molecule has 0 aliphatic carbocycles. The van der Waals surface area contributed by atoms with E-state index in [4.69, 9.17) is 9.47 Å². The minimum absolute atomic E-state index is 0.0391. The summed E-state index contributed by atoms with van der Waals surface area (Å²) in [6.07, 6.45) is -0.669. The maximum absolute atomic E-state index is 13.2. The molecular formula is C22H26N2O4. The van der Waals surface area contributed by atoms with Crippen LogP contribution >= 0.6 is 0 Å². The Balaban J connectivity index is 1.79. The molecule has 1 saturated heterocycles. The van der Waals surface area contributed by atoms with Crippen molar-refractivity contribution in [3.63, 3.8) is 0 Å². The molecule has 2 unspecified atom stereocenters. The summed E-state index contributed by atoms with van der Waals surface area (Å²) in [7, 11) is 1.63. The van der Waals surface area contributed by atoms with Gasteiger partial charge in [-0.1, -0.05) is 30.3 Å². The lowest BCUT2D eigenvalue weighted by Gasteiger charge is -2.38. The molecule has 28 heavy (non-hydrogen) atoms. The Morgan fingerprint density at radius 3 is 2.71 bits per heavy atom. The highest BCUT2D eigenvalue weighted by Crippen LogP contribution is 2.31. The normalized spacial score (nSPS) is 17.7. The van der Waals surface area contributed by atoms with Crippen molar-refractivity contribution in [3.8, 4) is 11.5 Å². The Morgan fingerprint density at radius 1 is 1.18 bits per heavy atom. The zero-order valence-electron chi connectivity index (χ0n) is 16.5. The number of nitrogens with zero attached hydrogens (tertiary/aromatic N) is 1. The van der Waals surface area contributed by atoms with Crippen LogP contribution in [0.25, 0.3) is 0 Å². The number of rotatable bonds is 6. The summed E-state index contributed by atoms with van der Waals surface area (Å²) < 4.78 is 11.4. The standard InChI is InChI=1S/C22H26N2O4/c1-15(25)17-7-6-8-18(13-17)28-16(2)22(26)24-12-11-23-14-20(24)19-9-4-5-10-21(19)27-3/h4-10,13,16,20,23H,11-12,14H2,1-3H3. The van der Waals surface area contributed by atoms with E-state index in [1.54, 1.807) is 38.3 Å². The first kappa shape index (κ1) is 19.9. The highest BCUT2D eigenvalue weighted by atomic mass is 16.5. The minimum Gasteiger partial charge on any atom is -0.496 e. The molecule has 1 heterocycles. The number of methoxy groups -OCH3 is 1. The lowest BCUT2D eigenvalue weighted by atomic mass is 10.0. The SMILES string of the molecule is COc1ccccc1C1CNCCN1C(=O)C(C)Oc1cccc(C(C)=O)c1. The maximum atomic E-state index is 13.2. The second-order valence-corrected chi connectivity index (χ2v) is 6.84. The van der Waals surface area contributed by atoms with Gasteiger partial charge in [-0.25, -0.2) is 0 Å². The van der Waals surface area contributed by atoms with Crippen LogP contribution in [0.2, 0.25) is 0 Å². The zero-order valence-corrected chi connectivity index (χ0v) is 16.5. The van der Waals surface area contributed by atoms with Crippen LogP contribution in [0.15, 0.2) is 48.5 Å². The molecule has 0 bridgehead atoms. The first-order valence-electron chi connectivity index (χ1n) is 9.43. The van der Waals surface area contributed by atoms with Gasteiger partial charge in [0, 0.05) is 30.8 Å². The Morgan fingerprint density at radius 2 is 1.96 bits per heavy atom. The van der Waals surface area contributed by atoms with Gasteiger partial charge in [0.2, 0.25) is 0 Å². The number of ketones is 1. The molecule has 0 radical (unpaired) electrons. The third-order valence-electron chi connectivity index (χ3n) is 4.93. The number of carbonyl (C=O) groups excluding carboxylic acids is 2. The monoisotopic (exact) mass is 382 g/mol. The molecule has 1 aliphatic heterocycles. The number of nitrogens with one attached hydrogen (secondary N) is 1. The largest absolute Gasteiger partial charge is 0.496 e. The molecule has 2 atom stereocenters. The highest BCUT2D eigenvalue weighted by Gasteiger charge is 2.33. The van der Waals surface area contributed by atoms with E-state index in [0.29, 0.717) is 24.4 Å². The number of Topliss-reactive ketones (excluding diaryl/α,β-unsaturated/α-hetero) is 1. The van der Waals surface area contributed by atoms with E-state index in [9.17, 15) is 9.59 Å². The fourth-order valence-corrected chi connectivity index (χ4v) is 3.46. The number of benzene rings is 2. The van der Waals surface area contributed by atoms with E-state index in [1.165, 1.54) is 6.92 Å². The molecule has 3 rings (SSSR count). The minimum atomic E-state index is -0.669. The molecule has 6 heteroatoms. The molecule has 2 aromatic rings. The molecule has 1 aliphatic rings. The van der Waals surface area contributed by atoms with Gasteiger partial charge in [0.05, 0.1) is 13.2 Å². The van der Waals surface area contributed by atoms with Crippen LogP contribution in [0.4, 0.5) is 0 Å². The third kappa shape index (κ3) is 4.34. The number of para-hydroxylation sites is 1. The molecule has 6 nitrogen and oxygen atoms in total. The van der Waals surface area contributed by atoms with Gasteiger partial charge in [-0.2, -0.15) is 0 Å². The Kier molecular flexibility index (Phi) is 6.31. The molecule has 0 saturated carbocycles. The highest BCUT2D eigenvalue weighted by molar-refractivity contribution is 5.94. The first-order valence-corrected chi connectivity index (χ1v) is 9.43. The predicted octanol–water partition coefficient (Wildman–Crippen LogP) is 2.84. The number of hydrogen-bond acceptors (Lipinski definition) is 5. The number of hydrogen-bond donors (Lipinski definition) is 1. The quantitative estimate of drug-likeness (QED) is 0.778. The maximum Gasteiger partial charge on any atom is 0.263 e. The van der Waals surface area contributed by atoms with Gasteiger partial charge in [0.15, 0.2) is 11.9 Å². The predicted molar refractivity (Wildman–Crippen MR) is 107 cm³/mol. The first-order chi connectivity index (χ1) is 13.5. The van der Waals surface area contributed by atoms with Gasteiger partial charge < -0.3 is 19.7 Å². The van der Waals surface area contributed by atoms with Crippen LogP contribution in [-0.2, 0) is 4.79 Å². The van der Waals surface area contributed by atoms with Gasteiger partial charge in [0.1, 0.15) is 11.5 Å². The van der Waals surface area contributed by atoms with Crippen molar-refractivity contribution >= 4 is 11.7 Å². The van der Waals surface area contributed by atoms with Crippen molar-refractivity contribution in [2.75, 3.05) is 26.7 Å². The topological polar surface area (TPSA) is 67.9 Å². The third-order valence-corrected chi connectivity index (χ3v) is 4.93. The fraction of sp³-hybridized carbons (Fsp3) is 0.364. The Labute approximate surface area is 165 Å². The van der Waals surface area contributed by atoms with Crippen LogP contribution in [0, 0.1) is 0 Å². The van der Waals surface area contributed by atoms with Crippen molar-refractivity contribution in [1.29, 1.82) is 0 Å². The average Bonchev–Trinajstić information content (AvgIpc) is 2.73. The fourth-order valence-electron chi connectivity index (χ4n) is 3.46. The second-order valence-electron chi connectivity index (χ2n) is 6.84. The molecule has 0 spiro atoms. The van der Waals surface area contributed by atoms with E-state index in [-0.39, 0.29) is 17.7 Å². The van der Waals surface area contributed by atoms with Crippen LogP contribution in [0.3, 0.4) is 0 Å². The summed E-state index contributed by atoms with van der Waals surface area (Å²) in [6.45, 7) is 5.21. The lowest BCUT2D eigenvalue weighted by molar-refractivity contribution is -0.141. The zero-order chi connectivity index (χ0) is 20.1. The summed E-state index contributed by atoms with van der Waals surface area (Å²) in [4.78, 5) is 26.6. The van der Waals surface area contributed by atoms with Crippen molar-refractivity contribution < 1.29 is 19.1 Å². The second kappa shape index (κ2) is 8.89. The summed E-state index contributed by atoms with van der Waals surface area (Å²) in [5.74, 6) is 1.14. The molecule has 1 N–H and O–H groups in total. The van der Waals surface area contributed by atoms with E-state index >= 15 is 0 Å². The molecule has 1 fully saturated rings. The van der Waals surface area contributed by atoms with Crippen LogP contribution < -0.4 is 14.8 Å². The van der Waals surface area contributed by atoms with Gasteiger partial charge in [-0.15, -0.1) is 0 Å². The van der Waals surface area contributed by atoms with E-state index in [2.05, 4.69) is 5.32 Å². The van der Waals surface area contributed by atoms with Gasteiger partial charge in [-0.05, 0) is 32.0 Å². The molecule has 148 valence electrons. The summed E-state index contributed by atoms with van der Waals surface area (Å²) in [5, 5.41) is 3.35. The van der Waals surface area contributed by atoms with Crippen molar-refractivity contribution in [2.45, 2.75) is 26.0 Å². The number of piperazine rings is 1.